The minimum Gasteiger partial charge on any atom is -0.322 e. The molecule has 1 amide bonds. The van der Waals surface area contributed by atoms with E-state index in [2.05, 4.69) is 10.4 Å². The van der Waals surface area contributed by atoms with Crippen LogP contribution in [0.1, 0.15) is 36.7 Å². The van der Waals surface area contributed by atoms with Gasteiger partial charge in [-0.05, 0) is 44.5 Å². The number of benzene rings is 2. The molecule has 1 atom stereocenters. The lowest BCUT2D eigenvalue weighted by Crippen LogP contribution is -2.40. The minimum absolute atomic E-state index is 0.177. The second-order valence-corrected chi connectivity index (χ2v) is 9.32. The number of nitrogens with zero attached hydrogens (tertiary/aromatic N) is 4. The molecule has 2 aromatic heterocycles. The van der Waals surface area contributed by atoms with Crippen molar-refractivity contribution in [2.75, 3.05) is 5.32 Å². The molecule has 1 aliphatic rings. The van der Waals surface area contributed by atoms with Gasteiger partial charge >= 0.3 is 0 Å². The van der Waals surface area contributed by atoms with Crippen LogP contribution in [0.15, 0.2) is 87.9 Å². The molecule has 0 saturated heterocycles. The number of aromatic nitrogens is 3. The maximum Gasteiger partial charge on any atom is 0.271 e. The molecule has 7 nitrogen and oxygen atoms in total. The van der Waals surface area contributed by atoms with Crippen molar-refractivity contribution in [1.29, 1.82) is 0 Å². The molecule has 1 N–H and O–H groups in total. The minimum atomic E-state index is -0.585. The van der Waals surface area contributed by atoms with Gasteiger partial charge in [0, 0.05) is 23.5 Å². The van der Waals surface area contributed by atoms with Gasteiger partial charge in [0.15, 0.2) is 4.80 Å². The van der Waals surface area contributed by atoms with Crippen molar-refractivity contribution in [3.63, 3.8) is 0 Å². The number of hydrogen-bond acceptors (Lipinski definition) is 5. The number of allylic oxidation sites excluding steroid dienone is 1. The van der Waals surface area contributed by atoms with Crippen molar-refractivity contribution in [2.45, 2.75) is 33.4 Å². The Kier molecular flexibility index (Phi) is 6.05. The summed E-state index contributed by atoms with van der Waals surface area (Å²) in [5, 5.41) is 7.36. The topological polar surface area (TPSA) is 81.3 Å². The first-order valence-corrected chi connectivity index (χ1v) is 12.3. The monoisotopic (exact) mass is 483 g/mol. The average molecular weight is 484 g/mol. The number of carbonyl (C=O) groups is 1. The van der Waals surface area contributed by atoms with E-state index in [1.165, 1.54) is 11.3 Å². The second-order valence-electron chi connectivity index (χ2n) is 8.31. The van der Waals surface area contributed by atoms with Gasteiger partial charge in [-0.25, -0.2) is 4.99 Å². The van der Waals surface area contributed by atoms with E-state index in [4.69, 9.17) is 4.99 Å². The highest BCUT2D eigenvalue weighted by molar-refractivity contribution is 7.07. The summed E-state index contributed by atoms with van der Waals surface area (Å²) >= 11 is 1.33. The lowest BCUT2D eigenvalue weighted by molar-refractivity contribution is -0.113. The van der Waals surface area contributed by atoms with Crippen molar-refractivity contribution >= 4 is 29.0 Å². The summed E-state index contributed by atoms with van der Waals surface area (Å²) in [7, 11) is 0. The zero-order valence-corrected chi connectivity index (χ0v) is 20.5. The molecule has 0 aliphatic carbocycles. The summed E-state index contributed by atoms with van der Waals surface area (Å²) in [6, 6.07) is 18.3. The van der Waals surface area contributed by atoms with E-state index in [1.807, 2.05) is 92.2 Å². The number of aryl methyl sites for hydroxylation is 1. The molecule has 0 radical (unpaired) electrons. The van der Waals surface area contributed by atoms with Crippen LogP contribution in [0, 0.1) is 6.92 Å². The molecule has 0 fully saturated rings. The van der Waals surface area contributed by atoms with Crippen LogP contribution in [0.3, 0.4) is 0 Å². The highest BCUT2D eigenvalue weighted by atomic mass is 32.1. The molecular formula is C27H25N5O2S. The number of para-hydroxylation sites is 1. The summed E-state index contributed by atoms with van der Waals surface area (Å²) in [5.41, 5.74) is 4.30. The fourth-order valence-electron chi connectivity index (χ4n) is 4.35. The molecule has 176 valence electrons. The third kappa shape index (κ3) is 4.17. The van der Waals surface area contributed by atoms with Gasteiger partial charge in [-0.1, -0.05) is 59.9 Å². The molecule has 1 unspecified atom stereocenters. The molecule has 0 saturated carbocycles. The smallest absolute Gasteiger partial charge is 0.271 e. The predicted molar refractivity (Wildman–Crippen MR) is 138 cm³/mol. The number of nitrogens with one attached hydrogen (secondary N) is 1. The molecule has 3 heterocycles. The maximum absolute atomic E-state index is 13.7. The highest BCUT2D eigenvalue weighted by Gasteiger charge is 2.32. The molecular weight excluding hydrogens is 458 g/mol. The van der Waals surface area contributed by atoms with Crippen LogP contribution in [0.25, 0.3) is 6.08 Å². The van der Waals surface area contributed by atoms with Crippen LogP contribution in [0.4, 0.5) is 5.69 Å². The van der Waals surface area contributed by atoms with Gasteiger partial charge in [0.05, 0.1) is 28.0 Å². The summed E-state index contributed by atoms with van der Waals surface area (Å²) in [4.78, 5) is 32.5. The Morgan fingerprint density at radius 3 is 2.43 bits per heavy atom. The first-order valence-electron chi connectivity index (χ1n) is 11.4. The number of fused-ring (bicyclic) bond motifs is 1. The van der Waals surface area contributed by atoms with Crippen molar-refractivity contribution in [3.05, 3.63) is 115 Å². The standard InChI is InChI=1S/C27H25N5O2S/c1-4-31-18(3)20(16-28-31)15-22-26(34)32-24(19-11-7-5-8-12-19)23(17(2)29-27(32)35-22)25(33)30-21-13-9-6-10-14-21/h5-16,24H,4H2,1-3H3,(H,30,33)/b22-15+. The van der Waals surface area contributed by atoms with Gasteiger partial charge in [0.25, 0.3) is 11.5 Å². The predicted octanol–water partition coefficient (Wildman–Crippen LogP) is 3.40. The van der Waals surface area contributed by atoms with E-state index in [0.29, 0.717) is 26.3 Å². The SMILES string of the molecule is CCn1ncc(/C=c2/sc3n(c2=O)C(c2ccccc2)C(C(=O)Nc2ccccc2)=C(C)N=3)c1C. The number of hydrogen-bond donors (Lipinski definition) is 1. The number of thiazole rings is 1. The average Bonchev–Trinajstić information content (AvgIpc) is 3.37. The van der Waals surface area contributed by atoms with Gasteiger partial charge < -0.3 is 5.32 Å². The summed E-state index contributed by atoms with van der Waals surface area (Å²) in [5.74, 6) is -0.277. The summed E-state index contributed by atoms with van der Waals surface area (Å²) in [6.07, 6.45) is 3.64. The second kappa shape index (κ2) is 9.31. The van der Waals surface area contributed by atoms with Crippen molar-refractivity contribution < 1.29 is 4.79 Å². The number of carbonyl (C=O) groups excluding carboxylic acids is 1. The Hall–Kier alpha value is -4.04. The van der Waals surface area contributed by atoms with Crippen LogP contribution < -0.4 is 20.2 Å². The van der Waals surface area contributed by atoms with E-state index >= 15 is 0 Å². The van der Waals surface area contributed by atoms with E-state index in [9.17, 15) is 9.59 Å². The number of rotatable bonds is 5. The van der Waals surface area contributed by atoms with Crippen LogP contribution in [0.2, 0.25) is 0 Å². The fraction of sp³-hybridized carbons (Fsp3) is 0.185. The van der Waals surface area contributed by atoms with Crippen LogP contribution in [0.5, 0.6) is 0 Å². The Bertz CT molecular complexity index is 1610. The summed E-state index contributed by atoms with van der Waals surface area (Å²) < 4.78 is 4.09. The molecule has 4 aromatic rings. The largest absolute Gasteiger partial charge is 0.322 e. The van der Waals surface area contributed by atoms with Gasteiger partial charge in [-0.2, -0.15) is 5.10 Å². The quantitative estimate of drug-likeness (QED) is 0.472. The van der Waals surface area contributed by atoms with Gasteiger partial charge in [0.2, 0.25) is 0 Å². The van der Waals surface area contributed by atoms with E-state index in [-0.39, 0.29) is 11.5 Å². The zero-order valence-electron chi connectivity index (χ0n) is 19.7. The molecule has 0 spiro atoms. The van der Waals surface area contributed by atoms with Gasteiger partial charge in [-0.15, -0.1) is 0 Å². The van der Waals surface area contributed by atoms with Gasteiger partial charge in [-0.3, -0.25) is 18.8 Å². The number of anilines is 1. The molecule has 1 aliphatic heterocycles. The molecule has 0 bridgehead atoms. The first kappa shape index (κ1) is 22.7. The van der Waals surface area contributed by atoms with Gasteiger partial charge in [0.1, 0.15) is 0 Å². The van der Waals surface area contributed by atoms with Crippen molar-refractivity contribution in [3.8, 4) is 0 Å². The van der Waals surface area contributed by atoms with Crippen molar-refractivity contribution in [1.82, 2.24) is 14.3 Å². The fourth-order valence-corrected chi connectivity index (χ4v) is 5.38. The Morgan fingerprint density at radius 1 is 1.09 bits per heavy atom. The van der Waals surface area contributed by atoms with Crippen LogP contribution >= 0.6 is 11.3 Å². The molecule has 8 heteroatoms. The van der Waals surface area contributed by atoms with Crippen molar-refractivity contribution in [2.24, 2.45) is 4.99 Å². The Morgan fingerprint density at radius 2 is 1.77 bits per heavy atom. The third-order valence-corrected chi connectivity index (χ3v) is 7.12. The maximum atomic E-state index is 13.7. The lowest BCUT2D eigenvalue weighted by Gasteiger charge is -2.25. The Balaban J connectivity index is 1.67. The van der Waals surface area contributed by atoms with Crippen LogP contribution in [-0.4, -0.2) is 20.3 Å². The first-order chi connectivity index (χ1) is 17.0. The normalized spacial score (nSPS) is 15.6. The Labute approximate surface area is 206 Å². The number of amides is 1. The van der Waals surface area contributed by atoms with Crippen LogP contribution in [-0.2, 0) is 11.3 Å². The molecule has 35 heavy (non-hydrogen) atoms. The summed E-state index contributed by atoms with van der Waals surface area (Å²) in [6.45, 7) is 6.60. The van der Waals surface area contributed by atoms with E-state index in [1.54, 1.807) is 10.8 Å². The molecule has 2 aromatic carbocycles. The molecule has 5 rings (SSSR count). The third-order valence-electron chi connectivity index (χ3n) is 6.14. The zero-order chi connectivity index (χ0) is 24.5. The van der Waals surface area contributed by atoms with E-state index < -0.39 is 6.04 Å². The lowest BCUT2D eigenvalue weighted by atomic mass is 9.95. The highest BCUT2D eigenvalue weighted by Crippen LogP contribution is 2.30. The van der Waals surface area contributed by atoms with E-state index in [0.717, 1.165) is 23.4 Å².